The Morgan fingerprint density at radius 1 is 1.08 bits per heavy atom. The van der Waals surface area contributed by atoms with Crippen LogP contribution in [0.15, 0.2) is 52.0 Å². The number of carbonyl (C=O) groups excluding carboxylic acids is 2. The van der Waals surface area contributed by atoms with E-state index < -0.39 is 11.8 Å². The van der Waals surface area contributed by atoms with Crippen molar-refractivity contribution in [2.24, 2.45) is 5.10 Å². The Morgan fingerprint density at radius 2 is 1.84 bits per heavy atom. The summed E-state index contributed by atoms with van der Waals surface area (Å²) in [6.07, 6.45) is 1.37. The number of methoxy groups -OCH3 is 2. The molecule has 0 radical (unpaired) electrons. The summed E-state index contributed by atoms with van der Waals surface area (Å²) in [6.45, 7) is 0. The lowest BCUT2D eigenvalue weighted by Gasteiger charge is -2.07. The summed E-state index contributed by atoms with van der Waals surface area (Å²) < 4.78 is 11.0. The van der Waals surface area contributed by atoms with Gasteiger partial charge in [-0.05, 0) is 46.3 Å². The van der Waals surface area contributed by atoms with Crippen LogP contribution in [0.5, 0.6) is 11.5 Å². The van der Waals surface area contributed by atoms with Gasteiger partial charge in [0.1, 0.15) is 11.5 Å². The minimum atomic E-state index is -0.895. The van der Waals surface area contributed by atoms with E-state index >= 15 is 0 Å². The molecule has 2 N–H and O–H groups in total. The summed E-state index contributed by atoms with van der Waals surface area (Å²) in [5.41, 5.74) is 3.24. The maximum atomic E-state index is 11.9. The van der Waals surface area contributed by atoms with Gasteiger partial charge in [-0.15, -0.1) is 0 Å². The van der Waals surface area contributed by atoms with E-state index in [-0.39, 0.29) is 0 Å². The number of nitrogens with zero attached hydrogens (tertiary/aromatic N) is 1. The van der Waals surface area contributed by atoms with Crippen molar-refractivity contribution in [2.75, 3.05) is 19.5 Å². The fraction of sp³-hybridized carbons (Fsp3) is 0.118. The Kier molecular flexibility index (Phi) is 6.53. The Balaban J connectivity index is 2.00. The molecule has 2 aromatic carbocycles. The van der Waals surface area contributed by atoms with Crippen LogP contribution in [0.1, 0.15) is 5.56 Å². The number of carbonyl (C=O) groups is 2. The van der Waals surface area contributed by atoms with Crippen LogP contribution in [-0.2, 0) is 9.59 Å². The molecule has 7 nitrogen and oxygen atoms in total. The molecule has 2 aromatic rings. The smallest absolute Gasteiger partial charge is 0.329 e. The largest absolute Gasteiger partial charge is 0.497 e. The average molecular weight is 406 g/mol. The van der Waals surface area contributed by atoms with Gasteiger partial charge in [0.25, 0.3) is 0 Å². The number of hydrogen-bond donors (Lipinski definition) is 2. The fourth-order valence-electron chi connectivity index (χ4n) is 1.89. The second kappa shape index (κ2) is 8.84. The Labute approximate surface area is 153 Å². The van der Waals surface area contributed by atoms with Crippen molar-refractivity contribution in [3.63, 3.8) is 0 Å². The SMILES string of the molecule is COc1ccc(OC)c(/C=N\NC(=O)C(=O)Nc2ccccc2Br)c1. The average Bonchev–Trinajstić information content (AvgIpc) is 2.63. The van der Waals surface area contributed by atoms with Crippen molar-refractivity contribution in [2.45, 2.75) is 0 Å². The standard InChI is InChI=1S/C17H16BrN3O4/c1-24-12-7-8-15(25-2)11(9-12)10-19-21-17(23)16(22)20-14-6-4-3-5-13(14)18/h3-10H,1-2H3,(H,20,22)(H,21,23)/b19-10-. The predicted octanol–water partition coefficient (Wildman–Crippen LogP) is 2.56. The van der Waals surface area contributed by atoms with Crippen LogP contribution in [0.3, 0.4) is 0 Å². The molecule has 0 unspecified atom stereocenters. The van der Waals surface area contributed by atoms with Gasteiger partial charge < -0.3 is 14.8 Å². The van der Waals surface area contributed by atoms with Gasteiger partial charge in [-0.25, -0.2) is 5.43 Å². The molecule has 0 saturated carbocycles. The van der Waals surface area contributed by atoms with E-state index in [9.17, 15) is 9.59 Å². The van der Waals surface area contributed by atoms with Gasteiger partial charge in [-0.3, -0.25) is 9.59 Å². The van der Waals surface area contributed by atoms with Gasteiger partial charge in [0.2, 0.25) is 0 Å². The summed E-state index contributed by atoms with van der Waals surface area (Å²) in [7, 11) is 3.06. The highest BCUT2D eigenvalue weighted by molar-refractivity contribution is 9.10. The molecule has 0 saturated heterocycles. The lowest BCUT2D eigenvalue weighted by molar-refractivity contribution is -0.136. The van der Waals surface area contributed by atoms with Gasteiger partial charge in [-0.2, -0.15) is 5.10 Å². The first-order valence-electron chi connectivity index (χ1n) is 7.16. The van der Waals surface area contributed by atoms with Crippen LogP contribution in [0.2, 0.25) is 0 Å². The molecule has 0 aliphatic rings. The molecule has 0 bridgehead atoms. The lowest BCUT2D eigenvalue weighted by Crippen LogP contribution is -2.32. The van der Waals surface area contributed by atoms with Gasteiger partial charge in [0.05, 0.1) is 26.1 Å². The van der Waals surface area contributed by atoms with E-state index in [2.05, 4.69) is 31.8 Å². The van der Waals surface area contributed by atoms with Crippen molar-refractivity contribution in [3.8, 4) is 11.5 Å². The molecule has 2 rings (SSSR count). The van der Waals surface area contributed by atoms with E-state index in [0.717, 1.165) is 0 Å². The molecular formula is C17H16BrN3O4. The van der Waals surface area contributed by atoms with Crippen molar-refractivity contribution >= 4 is 39.6 Å². The third-order valence-corrected chi connectivity index (χ3v) is 3.83. The molecule has 8 heteroatoms. The van der Waals surface area contributed by atoms with Crippen LogP contribution < -0.4 is 20.2 Å². The van der Waals surface area contributed by atoms with E-state index in [1.165, 1.54) is 20.4 Å². The normalized spacial score (nSPS) is 10.4. The first-order chi connectivity index (χ1) is 12.0. The van der Waals surface area contributed by atoms with Crippen molar-refractivity contribution in [3.05, 3.63) is 52.5 Å². The summed E-state index contributed by atoms with van der Waals surface area (Å²) in [4.78, 5) is 23.7. The number of nitrogens with one attached hydrogen (secondary N) is 2. The summed E-state index contributed by atoms with van der Waals surface area (Å²) in [5, 5.41) is 6.26. The molecule has 0 spiro atoms. The van der Waals surface area contributed by atoms with E-state index in [0.29, 0.717) is 27.2 Å². The Bertz CT molecular complexity index is 808. The van der Waals surface area contributed by atoms with Crippen LogP contribution in [0.25, 0.3) is 0 Å². The van der Waals surface area contributed by atoms with Crippen molar-refractivity contribution < 1.29 is 19.1 Å². The minimum absolute atomic E-state index is 0.487. The van der Waals surface area contributed by atoms with Crippen LogP contribution in [0.4, 0.5) is 5.69 Å². The first-order valence-corrected chi connectivity index (χ1v) is 7.95. The topological polar surface area (TPSA) is 89.0 Å². The highest BCUT2D eigenvalue weighted by atomic mass is 79.9. The molecule has 2 amide bonds. The summed E-state index contributed by atoms with van der Waals surface area (Å²) >= 11 is 3.28. The lowest BCUT2D eigenvalue weighted by atomic mass is 10.2. The first kappa shape index (κ1) is 18.5. The molecule has 0 aliphatic heterocycles. The molecule has 0 aromatic heterocycles. The van der Waals surface area contributed by atoms with Crippen molar-refractivity contribution in [1.82, 2.24) is 5.43 Å². The molecule has 0 fully saturated rings. The molecule has 0 aliphatic carbocycles. The predicted molar refractivity (Wildman–Crippen MR) is 98.1 cm³/mol. The number of rotatable bonds is 5. The number of hydrazone groups is 1. The van der Waals surface area contributed by atoms with E-state index in [4.69, 9.17) is 9.47 Å². The van der Waals surface area contributed by atoms with E-state index in [1.807, 2.05) is 0 Å². The van der Waals surface area contributed by atoms with Gasteiger partial charge >= 0.3 is 11.8 Å². The third-order valence-electron chi connectivity index (χ3n) is 3.13. The maximum Gasteiger partial charge on any atom is 0.329 e. The monoisotopic (exact) mass is 405 g/mol. The maximum absolute atomic E-state index is 11.9. The molecule has 0 atom stereocenters. The highest BCUT2D eigenvalue weighted by Gasteiger charge is 2.14. The number of halogens is 1. The number of benzene rings is 2. The van der Waals surface area contributed by atoms with Gasteiger partial charge in [0, 0.05) is 10.0 Å². The number of amides is 2. The zero-order chi connectivity index (χ0) is 18.2. The molecule has 25 heavy (non-hydrogen) atoms. The summed E-state index contributed by atoms with van der Waals surface area (Å²) in [5.74, 6) is -0.563. The highest BCUT2D eigenvalue weighted by Crippen LogP contribution is 2.22. The van der Waals surface area contributed by atoms with Crippen LogP contribution >= 0.6 is 15.9 Å². The second-order valence-electron chi connectivity index (χ2n) is 4.74. The van der Waals surface area contributed by atoms with Gasteiger partial charge in [0.15, 0.2) is 0 Å². The van der Waals surface area contributed by atoms with Crippen LogP contribution in [-0.4, -0.2) is 32.2 Å². The molecular weight excluding hydrogens is 390 g/mol. The molecule has 0 heterocycles. The Hall–Kier alpha value is -2.87. The minimum Gasteiger partial charge on any atom is -0.497 e. The third kappa shape index (κ3) is 5.05. The number of para-hydroxylation sites is 1. The molecule has 130 valence electrons. The Morgan fingerprint density at radius 3 is 2.52 bits per heavy atom. The quantitative estimate of drug-likeness (QED) is 0.454. The van der Waals surface area contributed by atoms with Crippen molar-refractivity contribution in [1.29, 1.82) is 0 Å². The number of anilines is 1. The summed E-state index contributed by atoms with van der Waals surface area (Å²) in [6, 6.07) is 12.1. The van der Waals surface area contributed by atoms with Gasteiger partial charge in [-0.1, -0.05) is 12.1 Å². The zero-order valence-corrected chi connectivity index (χ0v) is 15.2. The number of hydrogen-bond acceptors (Lipinski definition) is 5. The second-order valence-corrected chi connectivity index (χ2v) is 5.60. The zero-order valence-electron chi connectivity index (χ0n) is 13.6. The fourth-order valence-corrected chi connectivity index (χ4v) is 2.28. The number of ether oxygens (including phenoxy) is 2. The van der Waals surface area contributed by atoms with Crippen LogP contribution in [0, 0.1) is 0 Å². The van der Waals surface area contributed by atoms with E-state index in [1.54, 1.807) is 42.5 Å².